The average molecular weight is 218 g/mol. The molecule has 0 aliphatic rings. The molecule has 0 fully saturated rings. The first-order chi connectivity index (χ1) is 6.99. The number of methoxy groups -OCH3 is 1. The Morgan fingerprint density at radius 2 is 2.27 bits per heavy atom. The Morgan fingerprint density at radius 1 is 1.67 bits per heavy atom. The number of pyridine rings is 1. The van der Waals surface area contributed by atoms with Gasteiger partial charge in [-0.15, -0.1) is 0 Å². The van der Waals surface area contributed by atoms with Gasteiger partial charge in [0.2, 0.25) is 0 Å². The fourth-order valence-corrected chi connectivity index (χ4v) is 1.02. The third-order valence-electron chi connectivity index (χ3n) is 1.72. The maximum Gasteiger partial charge on any atom is 0.343 e. The smallest absolute Gasteiger partial charge is 0.343 e. The zero-order chi connectivity index (χ0) is 11.6. The molecule has 15 heavy (non-hydrogen) atoms. The standard InChI is InChI=1S/C8H8F2N2O3/c1-15-8(14)4-3(13)2-12-6(5(4)11)7(9)10/h2,7,13H,11H2,1H3. The van der Waals surface area contributed by atoms with Crippen LogP contribution in [0.1, 0.15) is 22.5 Å². The highest BCUT2D eigenvalue weighted by atomic mass is 19.3. The SMILES string of the molecule is COC(=O)c1c(O)cnc(C(F)F)c1N. The van der Waals surface area contributed by atoms with Gasteiger partial charge in [0, 0.05) is 0 Å². The number of hydrogen-bond donors (Lipinski definition) is 2. The summed E-state index contributed by atoms with van der Waals surface area (Å²) in [7, 11) is 1.05. The van der Waals surface area contributed by atoms with Crippen molar-refractivity contribution in [1.29, 1.82) is 0 Å². The number of halogens is 2. The van der Waals surface area contributed by atoms with Crippen molar-refractivity contribution in [1.82, 2.24) is 4.98 Å². The van der Waals surface area contributed by atoms with Crippen molar-refractivity contribution in [3.63, 3.8) is 0 Å². The van der Waals surface area contributed by atoms with Crippen LogP contribution in [-0.4, -0.2) is 23.2 Å². The number of aromatic hydroxyl groups is 1. The molecule has 5 nitrogen and oxygen atoms in total. The van der Waals surface area contributed by atoms with Crippen LogP contribution in [0, 0.1) is 0 Å². The van der Waals surface area contributed by atoms with Crippen molar-refractivity contribution in [2.24, 2.45) is 0 Å². The second-order valence-corrected chi connectivity index (χ2v) is 2.61. The molecule has 0 aromatic carbocycles. The van der Waals surface area contributed by atoms with Crippen molar-refractivity contribution in [3.05, 3.63) is 17.5 Å². The van der Waals surface area contributed by atoms with Crippen molar-refractivity contribution in [2.45, 2.75) is 6.43 Å². The fourth-order valence-electron chi connectivity index (χ4n) is 1.02. The maximum atomic E-state index is 12.3. The van der Waals surface area contributed by atoms with E-state index in [-0.39, 0.29) is 0 Å². The van der Waals surface area contributed by atoms with E-state index in [1.54, 1.807) is 0 Å². The van der Waals surface area contributed by atoms with Gasteiger partial charge in [0.05, 0.1) is 19.0 Å². The summed E-state index contributed by atoms with van der Waals surface area (Å²) in [5, 5.41) is 9.21. The van der Waals surface area contributed by atoms with Crippen molar-refractivity contribution < 1.29 is 23.4 Å². The monoisotopic (exact) mass is 218 g/mol. The lowest BCUT2D eigenvalue weighted by Gasteiger charge is -2.09. The molecule has 0 spiro atoms. The molecule has 0 unspecified atom stereocenters. The molecule has 3 N–H and O–H groups in total. The van der Waals surface area contributed by atoms with Crippen LogP contribution in [0.25, 0.3) is 0 Å². The minimum atomic E-state index is -2.92. The Hall–Kier alpha value is -1.92. The van der Waals surface area contributed by atoms with E-state index < -0.39 is 35.1 Å². The lowest BCUT2D eigenvalue weighted by Crippen LogP contribution is -2.10. The Bertz CT molecular complexity index is 396. The Labute approximate surface area is 83.5 Å². The molecule has 1 aromatic heterocycles. The van der Waals surface area contributed by atoms with Crippen LogP contribution < -0.4 is 5.73 Å². The van der Waals surface area contributed by atoms with E-state index in [1.165, 1.54) is 0 Å². The van der Waals surface area contributed by atoms with Crippen LogP contribution in [-0.2, 0) is 4.74 Å². The number of carbonyl (C=O) groups excluding carboxylic acids is 1. The summed E-state index contributed by atoms with van der Waals surface area (Å²) in [6.45, 7) is 0. The maximum absolute atomic E-state index is 12.3. The van der Waals surface area contributed by atoms with E-state index in [0.717, 1.165) is 13.3 Å². The predicted molar refractivity (Wildman–Crippen MR) is 46.6 cm³/mol. The zero-order valence-electron chi connectivity index (χ0n) is 7.70. The summed E-state index contributed by atoms with van der Waals surface area (Å²) >= 11 is 0. The first-order valence-electron chi connectivity index (χ1n) is 3.82. The van der Waals surface area contributed by atoms with E-state index in [0.29, 0.717) is 0 Å². The molecule has 1 heterocycles. The zero-order valence-corrected chi connectivity index (χ0v) is 7.70. The second-order valence-electron chi connectivity index (χ2n) is 2.61. The largest absolute Gasteiger partial charge is 0.505 e. The van der Waals surface area contributed by atoms with E-state index >= 15 is 0 Å². The number of esters is 1. The number of alkyl halides is 2. The topological polar surface area (TPSA) is 85.4 Å². The van der Waals surface area contributed by atoms with E-state index in [2.05, 4.69) is 9.72 Å². The number of carbonyl (C=O) groups is 1. The van der Waals surface area contributed by atoms with Crippen LogP contribution >= 0.6 is 0 Å². The summed E-state index contributed by atoms with van der Waals surface area (Å²) in [6, 6.07) is 0. The van der Waals surface area contributed by atoms with Gasteiger partial charge in [-0.3, -0.25) is 0 Å². The molecule has 0 atom stereocenters. The predicted octanol–water partition coefficient (Wildman–Crippen LogP) is 1.09. The lowest BCUT2D eigenvalue weighted by atomic mass is 10.1. The van der Waals surface area contributed by atoms with E-state index in [9.17, 15) is 18.7 Å². The fraction of sp³-hybridized carbons (Fsp3) is 0.250. The Kier molecular flexibility index (Phi) is 3.03. The average Bonchev–Trinajstić information content (AvgIpc) is 2.16. The molecule has 0 radical (unpaired) electrons. The van der Waals surface area contributed by atoms with Crippen LogP contribution in [0.15, 0.2) is 6.20 Å². The highest BCUT2D eigenvalue weighted by Gasteiger charge is 2.23. The molecular formula is C8H8F2N2O3. The highest BCUT2D eigenvalue weighted by molar-refractivity contribution is 5.98. The minimum absolute atomic E-state index is 0.497. The van der Waals surface area contributed by atoms with Gasteiger partial charge in [-0.1, -0.05) is 0 Å². The molecule has 0 bridgehead atoms. The molecule has 0 saturated heterocycles. The highest BCUT2D eigenvalue weighted by Crippen LogP contribution is 2.30. The normalized spacial score (nSPS) is 10.4. The number of nitrogens with two attached hydrogens (primary N) is 1. The summed E-state index contributed by atoms with van der Waals surface area (Å²) in [5.41, 5.74) is 3.43. The van der Waals surface area contributed by atoms with E-state index in [4.69, 9.17) is 5.73 Å². The van der Waals surface area contributed by atoms with Crippen molar-refractivity contribution in [3.8, 4) is 5.75 Å². The third-order valence-corrected chi connectivity index (χ3v) is 1.72. The third kappa shape index (κ3) is 1.95. The van der Waals surface area contributed by atoms with Crippen LogP contribution in [0.5, 0.6) is 5.75 Å². The number of anilines is 1. The summed E-state index contributed by atoms with van der Waals surface area (Å²) in [4.78, 5) is 14.3. The summed E-state index contributed by atoms with van der Waals surface area (Å²) in [5.74, 6) is -1.59. The summed E-state index contributed by atoms with van der Waals surface area (Å²) < 4.78 is 28.9. The molecule has 7 heteroatoms. The van der Waals surface area contributed by atoms with Gasteiger partial charge in [-0.05, 0) is 0 Å². The van der Waals surface area contributed by atoms with Gasteiger partial charge >= 0.3 is 5.97 Å². The first-order valence-corrected chi connectivity index (χ1v) is 3.82. The first kappa shape index (κ1) is 11.2. The number of nitrogen functional groups attached to an aromatic ring is 1. The van der Waals surface area contributed by atoms with Gasteiger partial charge in [-0.2, -0.15) is 0 Å². The van der Waals surface area contributed by atoms with Gasteiger partial charge in [0.1, 0.15) is 11.3 Å². The number of ether oxygens (including phenoxy) is 1. The lowest BCUT2D eigenvalue weighted by molar-refractivity contribution is 0.0598. The number of nitrogens with zero attached hydrogens (tertiary/aromatic N) is 1. The Balaban J connectivity index is 3.36. The van der Waals surface area contributed by atoms with Gasteiger partial charge in [-0.25, -0.2) is 18.6 Å². The number of rotatable bonds is 2. The number of aromatic nitrogens is 1. The van der Waals surface area contributed by atoms with Crippen LogP contribution in [0.3, 0.4) is 0 Å². The molecule has 82 valence electrons. The molecule has 1 rings (SSSR count). The molecule has 0 aliphatic heterocycles. The molecule has 0 amide bonds. The summed E-state index contributed by atoms with van der Waals surface area (Å²) in [6.07, 6.45) is -2.20. The second kappa shape index (κ2) is 4.07. The molecule has 0 aliphatic carbocycles. The van der Waals surface area contributed by atoms with Gasteiger partial charge in [0.25, 0.3) is 6.43 Å². The number of hydrogen-bond acceptors (Lipinski definition) is 5. The van der Waals surface area contributed by atoms with Gasteiger partial charge in [0.15, 0.2) is 5.75 Å². The van der Waals surface area contributed by atoms with Crippen LogP contribution in [0.4, 0.5) is 14.5 Å². The molecular weight excluding hydrogens is 210 g/mol. The van der Waals surface area contributed by atoms with Gasteiger partial charge < -0.3 is 15.6 Å². The van der Waals surface area contributed by atoms with Crippen molar-refractivity contribution in [2.75, 3.05) is 12.8 Å². The van der Waals surface area contributed by atoms with Crippen molar-refractivity contribution >= 4 is 11.7 Å². The minimum Gasteiger partial charge on any atom is -0.505 e. The molecule has 0 saturated carbocycles. The Morgan fingerprint density at radius 3 is 2.73 bits per heavy atom. The van der Waals surface area contributed by atoms with Crippen LogP contribution in [0.2, 0.25) is 0 Å². The quantitative estimate of drug-likeness (QED) is 0.726. The van der Waals surface area contributed by atoms with E-state index in [1.807, 2.05) is 0 Å². The molecule has 1 aromatic rings.